The molecule has 2 rings (SSSR count). The second kappa shape index (κ2) is 6.33. The molecule has 0 bridgehead atoms. The number of fused-ring (bicyclic) bond motifs is 1. The van der Waals surface area contributed by atoms with Crippen molar-refractivity contribution < 1.29 is 9.53 Å². The molecule has 0 saturated heterocycles. The highest BCUT2D eigenvalue weighted by molar-refractivity contribution is 5.91. The first kappa shape index (κ1) is 13.5. The van der Waals surface area contributed by atoms with E-state index in [9.17, 15) is 4.79 Å². The van der Waals surface area contributed by atoms with Gasteiger partial charge in [-0.25, -0.2) is 4.98 Å². The van der Waals surface area contributed by atoms with Crippen molar-refractivity contribution >= 4 is 22.9 Å². The molecule has 0 atom stereocenters. The zero-order valence-corrected chi connectivity index (χ0v) is 11.3. The van der Waals surface area contributed by atoms with Crippen molar-refractivity contribution in [1.82, 2.24) is 9.97 Å². The maximum absolute atomic E-state index is 11.7. The SMILES string of the molecule is CC(C)COCCC(=O)Nc1nc2ccccc2[nH]1. The lowest BCUT2D eigenvalue weighted by molar-refractivity contribution is -0.117. The summed E-state index contributed by atoms with van der Waals surface area (Å²) in [7, 11) is 0. The number of rotatable bonds is 6. The second-order valence-electron chi connectivity index (χ2n) is 4.87. The largest absolute Gasteiger partial charge is 0.381 e. The number of carbonyl (C=O) groups excluding carboxylic acids is 1. The van der Waals surface area contributed by atoms with E-state index in [1.165, 1.54) is 0 Å². The van der Waals surface area contributed by atoms with Crippen molar-refractivity contribution in [2.75, 3.05) is 18.5 Å². The van der Waals surface area contributed by atoms with Crippen LogP contribution in [-0.4, -0.2) is 29.1 Å². The molecule has 0 unspecified atom stereocenters. The molecule has 5 heteroatoms. The highest BCUT2D eigenvalue weighted by Crippen LogP contribution is 2.13. The summed E-state index contributed by atoms with van der Waals surface area (Å²) in [5.41, 5.74) is 1.75. The molecular weight excluding hydrogens is 242 g/mol. The molecule has 1 aromatic carbocycles. The van der Waals surface area contributed by atoms with Crippen LogP contribution in [0.15, 0.2) is 24.3 Å². The van der Waals surface area contributed by atoms with Crippen LogP contribution in [0, 0.1) is 5.92 Å². The van der Waals surface area contributed by atoms with Gasteiger partial charge in [-0.2, -0.15) is 0 Å². The van der Waals surface area contributed by atoms with Gasteiger partial charge in [-0.3, -0.25) is 10.1 Å². The van der Waals surface area contributed by atoms with Crippen molar-refractivity contribution in [1.29, 1.82) is 0 Å². The number of amides is 1. The summed E-state index contributed by atoms with van der Waals surface area (Å²) in [6.45, 7) is 5.27. The molecule has 0 aliphatic carbocycles. The minimum absolute atomic E-state index is 0.0946. The Hall–Kier alpha value is -1.88. The first-order valence-electron chi connectivity index (χ1n) is 6.47. The Labute approximate surface area is 112 Å². The molecule has 5 nitrogen and oxygen atoms in total. The Balaban J connectivity index is 1.81. The molecule has 0 radical (unpaired) electrons. The molecule has 0 fully saturated rings. The van der Waals surface area contributed by atoms with Crippen molar-refractivity contribution in [2.45, 2.75) is 20.3 Å². The van der Waals surface area contributed by atoms with Crippen LogP contribution in [0.2, 0.25) is 0 Å². The quantitative estimate of drug-likeness (QED) is 0.785. The van der Waals surface area contributed by atoms with E-state index in [0.29, 0.717) is 31.5 Å². The third-order valence-electron chi connectivity index (χ3n) is 2.57. The Morgan fingerprint density at radius 3 is 2.95 bits per heavy atom. The van der Waals surface area contributed by atoms with Gasteiger partial charge in [-0.1, -0.05) is 26.0 Å². The van der Waals surface area contributed by atoms with Gasteiger partial charge in [0, 0.05) is 6.61 Å². The fraction of sp³-hybridized carbons (Fsp3) is 0.429. The predicted octanol–water partition coefficient (Wildman–Crippen LogP) is 2.56. The van der Waals surface area contributed by atoms with E-state index in [1.54, 1.807) is 0 Å². The van der Waals surface area contributed by atoms with Crippen LogP contribution >= 0.6 is 0 Å². The number of nitrogens with one attached hydrogen (secondary N) is 2. The van der Waals surface area contributed by atoms with Crippen molar-refractivity contribution in [3.8, 4) is 0 Å². The van der Waals surface area contributed by atoms with Crippen LogP contribution in [0.1, 0.15) is 20.3 Å². The zero-order valence-electron chi connectivity index (χ0n) is 11.3. The van der Waals surface area contributed by atoms with Gasteiger partial charge < -0.3 is 9.72 Å². The van der Waals surface area contributed by atoms with Gasteiger partial charge >= 0.3 is 0 Å². The summed E-state index contributed by atoms with van der Waals surface area (Å²) in [6.07, 6.45) is 0.337. The molecule has 19 heavy (non-hydrogen) atoms. The number of benzene rings is 1. The lowest BCUT2D eigenvalue weighted by Gasteiger charge is -2.06. The molecule has 2 aromatic rings. The van der Waals surface area contributed by atoms with Crippen LogP contribution in [0.3, 0.4) is 0 Å². The standard InChI is InChI=1S/C14H19N3O2/c1-10(2)9-19-8-7-13(18)17-14-15-11-5-3-4-6-12(11)16-14/h3-6,10H,7-9H2,1-2H3,(H2,15,16,17,18). The van der Waals surface area contributed by atoms with Crippen LogP contribution in [-0.2, 0) is 9.53 Å². The number of para-hydroxylation sites is 2. The molecule has 1 amide bonds. The van der Waals surface area contributed by atoms with Crippen molar-refractivity contribution in [3.63, 3.8) is 0 Å². The lowest BCUT2D eigenvalue weighted by atomic mass is 10.2. The molecular formula is C14H19N3O2. The zero-order chi connectivity index (χ0) is 13.7. The van der Waals surface area contributed by atoms with Gasteiger partial charge in [0.05, 0.1) is 24.1 Å². The monoisotopic (exact) mass is 261 g/mol. The second-order valence-corrected chi connectivity index (χ2v) is 4.87. The highest BCUT2D eigenvalue weighted by Gasteiger charge is 2.06. The lowest BCUT2D eigenvalue weighted by Crippen LogP contribution is -2.16. The normalized spacial score (nSPS) is 11.1. The summed E-state index contributed by atoms with van der Waals surface area (Å²) in [4.78, 5) is 19.0. The highest BCUT2D eigenvalue weighted by atomic mass is 16.5. The van der Waals surface area contributed by atoms with E-state index >= 15 is 0 Å². The van der Waals surface area contributed by atoms with Crippen molar-refractivity contribution in [3.05, 3.63) is 24.3 Å². The van der Waals surface area contributed by atoms with E-state index in [2.05, 4.69) is 29.1 Å². The van der Waals surface area contributed by atoms with E-state index in [4.69, 9.17) is 4.74 Å². The Morgan fingerprint density at radius 2 is 2.21 bits per heavy atom. The van der Waals surface area contributed by atoms with Gasteiger partial charge in [0.25, 0.3) is 0 Å². The van der Waals surface area contributed by atoms with Gasteiger partial charge in [0.15, 0.2) is 0 Å². The van der Waals surface area contributed by atoms with Gasteiger partial charge in [0.2, 0.25) is 11.9 Å². The minimum atomic E-state index is -0.0946. The smallest absolute Gasteiger partial charge is 0.228 e. The Kier molecular flexibility index (Phi) is 4.52. The number of H-pyrrole nitrogens is 1. The minimum Gasteiger partial charge on any atom is -0.381 e. The van der Waals surface area contributed by atoms with E-state index in [-0.39, 0.29) is 5.91 Å². The number of aromatic nitrogens is 2. The van der Waals surface area contributed by atoms with Crippen LogP contribution in [0.25, 0.3) is 11.0 Å². The number of imidazole rings is 1. The molecule has 0 aliphatic rings. The number of aromatic amines is 1. The van der Waals surface area contributed by atoms with E-state index < -0.39 is 0 Å². The van der Waals surface area contributed by atoms with Gasteiger partial charge in [0.1, 0.15) is 0 Å². The average Bonchev–Trinajstić information content (AvgIpc) is 2.76. The first-order chi connectivity index (χ1) is 9.15. The predicted molar refractivity (Wildman–Crippen MR) is 75.0 cm³/mol. The summed E-state index contributed by atoms with van der Waals surface area (Å²) >= 11 is 0. The molecule has 1 heterocycles. The summed E-state index contributed by atoms with van der Waals surface area (Å²) in [5.74, 6) is 0.872. The maximum Gasteiger partial charge on any atom is 0.228 e. The summed E-state index contributed by atoms with van der Waals surface area (Å²) in [6, 6.07) is 7.65. The van der Waals surface area contributed by atoms with Crippen LogP contribution < -0.4 is 5.32 Å². The Bertz CT molecular complexity index is 515. The molecule has 102 valence electrons. The fourth-order valence-corrected chi connectivity index (χ4v) is 1.69. The van der Waals surface area contributed by atoms with E-state index in [0.717, 1.165) is 11.0 Å². The third-order valence-corrected chi connectivity index (χ3v) is 2.57. The number of anilines is 1. The topological polar surface area (TPSA) is 67.0 Å². The number of ether oxygens (including phenoxy) is 1. The van der Waals surface area contributed by atoms with Crippen LogP contribution in [0.5, 0.6) is 0 Å². The molecule has 0 saturated carbocycles. The van der Waals surface area contributed by atoms with E-state index in [1.807, 2.05) is 24.3 Å². The average molecular weight is 261 g/mol. The first-order valence-corrected chi connectivity index (χ1v) is 6.47. The number of hydrogen-bond acceptors (Lipinski definition) is 3. The van der Waals surface area contributed by atoms with Gasteiger partial charge in [-0.15, -0.1) is 0 Å². The molecule has 0 aliphatic heterocycles. The molecule has 2 N–H and O–H groups in total. The molecule has 0 spiro atoms. The fourth-order valence-electron chi connectivity index (χ4n) is 1.69. The summed E-state index contributed by atoms with van der Waals surface area (Å²) < 4.78 is 5.37. The summed E-state index contributed by atoms with van der Waals surface area (Å²) in [5, 5.41) is 2.73. The Morgan fingerprint density at radius 1 is 1.42 bits per heavy atom. The molecule has 1 aromatic heterocycles. The van der Waals surface area contributed by atoms with Crippen LogP contribution in [0.4, 0.5) is 5.95 Å². The third kappa shape index (κ3) is 4.06. The van der Waals surface area contributed by atoms with Gasteiger partial charge in [-0.05, 0) is 18.1 Å². The number of carbonyl (C=O) groups is 1. The maximum atomic E-state index is 11.7. The number of hydrogen-bond donors (Lipinski definition) is 2. The number of nitrogens with zero attached hydrogens (tertiary/aromatic N) is 1. The van der Waals surface area contributed by atoms with Crippen molar-refractivity contribution in [2.24, 2.45) is 5.92 Å².